The lowest BCUT2D eigenvalue weighted by molar-refractivity contribution is -0.402. The minimum atomic E-state index is -4.34. The molecule has 1 aliphatic heterocycles. The van der Waals surface area contributed by atoms with Crippen molar-refractivity contribution in [1.29, 1.82) is 0 Å². The largest absolute Gasteiger partial charge is 0.478 e. The van der Waals surface area contributed by atoms with Crippen LogP contribution in [-0.4, -0.2) is 37.0 Å². The smallest absolute Gasteiger partial charge is 0.336 e. The second-order valence-electron chi connectivity index (χ2n) is 10.00. The van der Waals surface area contributed by atoms with E-state index in [9.17, 15) is 35.8 Å². The third-order valence-corrected chi connectivity index (χ3v) is 8.77. The van der Waals surface area contributed by atoms with Gasteiger partial charge in [-0.05, 0) is 66.2 Å². The lowest BCUT2D eigenvalue weighted by Gasteiger charge is -2.17. The van der Waals surface area contributed by atoms with E-state index in [0.717, 1.165) is 0 Å². The molecule has 0 atom stereocenters. The summed E-state index contributed by atoms with van der Waals surface area (Å²) >= 11 is 0. The summed E-state index contributed by atoms with van der Waals surface area (Å²) in [6.07, 6.45) is 0. The van der Waals surface area contributed by atoms with E-state index >= 15 is 0 Å². The fourth-order valence-corrected chi connectivity index (χ4v) is 5.94. The summed E-state index contributed by atoms with van der Waals surface area (Å²) < 4.78 is 70.4. The minimum Gasteiger partial charge on any atom is -0.478 e. The Labute approximate surface area is 256 Å². The van der Waals surface area contributed by atoms with E-state index in [4.69, 9.17) is 4.42 Å². The first kappa shape index (κ1) is 29.7. The Morgan fingerprint density at radius 2 is 1.31 bits per heavy atom. The molecule has 6 rings (SSSR count). The van der Waals surface area contributed by atoms with Crippen LogP contribution in [0.3, 0.4) is 0 Å². The number of carboxylic acids is 1. The molecule has 45 heavy (non-hydrogen) atoms. The number of aromatic carboxylic acids is 1. The maximum Gasteiger partial charge on any atom is 0.336 e. The second-order valence-corrected chi connectivity index (χ2v) is 12.8. The topological polar surface area (TPSA) is 185 Å². The maximum absolute atomic E-state index is 12.2. The van der Waals surface area contributed by atoms with Gasteiger partial charge in [0.25, 0.3) is 20.2 Å². The van der Waals surface area contributed by atoms with Gasteiger partial charge < -0.3 is 14.8 Å². The molecule has 13 heteroatoms. The van der Waals surface area contributed by atoms with Crippen LogP contribution in [0.15, 0.2) is 123 Å². The molecular formula is C32H23N2O9S2+. The van der Waals surface area contributed by atoms with Crippen LogP contribution in [0.25, 0.3) is 33.4 Å². The van der Waals surface area contributed by atoms with Gasteiger partial charge in [-0.3, -0.25) is 9.11 Å². The molecule has 4 aromatic rings. The average Bonchev–Trinajstić information content (AvgIpc) is 2.99. The third kappa shape index (κ3) is 6.18. The number of hydrogen-bond donors (Lipinski definition) is 5. The lowest BCUT2D eigenvalue weighted by atomic mass is 9.90. The van der Waals surface area contributed by atoms with Crippen molar-refractivity contribution in [1.82, 2.24) is 0 Å². The molecule has 11 nitrogen and oxygen atoms in total. The minimum absolute atomic E-state index is 0.105. The molecule has 1 aliphatic carbocycles. The number of rotatable bonds is 7. The predicted octanol–water partition coefficient (Wildman–Crippen LogP) is 4.45. The van der Waals surface area contributed by atoms with Gasteiger partial charge in [-0.15, -0.1) is 0 Å². The Balaban J connectivity index is 1.51. The number of hydrogen-bond acceptors (Lipinski definition) is 7. The molecule has 5 N–H and O–H groups in total. The van der Waals surface area contributed by atoms with E-state index in [0.29, 0.717) is 55.8 Å². The van der Waals surface area contributed by atoms with Crippen molar-refractivity contribution in [2.24, 2.45) is 0 Å². The van der Waals surface area contributed by atoms with Gasteiger partial charge >= 0.3 is 5.97 Å². The predicted molar refractivity (Wildman–Crippen MR) is 165 cm³/mol. The first-order valence-electron chi connectivity index (χ1n) is 13.2. The molecule has 2 aliphatic rings. The van der Waals surface area contributed by atoms with E-state index in [1.807, 2.05) is 0 Å². The van der Waals surface area contributed by atoms with E-state index in [-0.39, 0.29) is 15.4 Å². The van der Waals surface area contributed by atoms with Crippen molar-refractivity contribution in [3.8, 4) is 22.5 Å². The van der Waals surface area contributed by atoms with Gasteiger partial charge in [0.1, 0.15) is 11.3 Å². The zero-order valence-electron chi connectivity index (χ0n) is 23.0. The molecule has 0 radical (unpaired) electrons. The van der Waals surface area contributed by atoms with Crippen LogP contribution in [0, 0.1) is 0 Å². The quantitative estimate of drug-likeness (QED) is 0.123. The lowest BCUT2D eigenvalue weighted by Crippen LogP contribution is -2.70. The van der Waals surface area contributed by atoms with Crippen LogP contribution in [0.4, 0.5) is 17.1 Å². The van der Waals surface area contributed by atoms with Crippen molar-refractivity contribution in [3.63, 3.8) is 0 Å². The monoisotopic (exact) mass is 643 g/mol. The normalized spacial score (nSPS) is 12.4. The second kappa shape index (κ2) is 11.3. The van der Waals surface area contributed by atoms with Crippen molar-refractivity contribution in [3.05, 3.63) is 120 Å². The van der Waals surface area contributed by atoms with Crippen LogP contribution in [-0.2, 0) is 20.2 Å². The number of carbonyl (C=O) groups is 1. The fraction of sp³-hybridized carbons (Fsp3) is 0. The molecular weight excluding hydrogens is 620 g/mol. The van der Waals surface area contributed by atoms with Crippen LogP contribution in [0.1, 0.15) is 10.4 Å². The van der Waals surface area contributed by atoms with Crippen molar-refractivity contribution in [2.75, 3.05) is 5.32 Å². The first-order valence-corrected chi connectivity index (χ1v) is 16.1. The number of fused-ring (bicyclic) bond motifs is 2. The molecule has 226 valence electrons. The molecule has 0 unspecified atom stereocenters. The number of carboxylic acid groups (broad SMARTS) is 1. The molecule has 0 saturated carbocycles. The summed E-state index contributed by atoms with van der Waals surface area (Å²) in [7, 11) is -8.68. The summed E-state index contributed by atoms with van der Waals surface area (Å²) in [5, 5.41) is 14.4. The van der Waals surface area contributed by atoms with Crippen molar-refractivity contribution in [2.45, 2.75) is 9.79 Å². The Bertz CT molecular complexity index is 2370. The van der Waals surface area contributed by atoms with Gasteiger partial charge in [0.05, 0.1) is 21.4 Å². The van der Waals surface area contributed by atoms with E-state index < -0.39 is 26.2 Å². The van der Waals surface area contributed by atoms with Crippen LogP contribution in [0.2, 0.25) is 0 Å². The highest BCUT2D eigenvalue weighted by molar-refractivity contribution is 7.86. The van der Waals surface area contributed by atoms with Crippen LogP contribution < -0.4 is 15.7 Å². The van der Waals surface area contributed by atoms with Gasteiger partial charge in [-0.1, -0.05) is 18.2 Å². The SMILES string of the molecule is O=C(O)c1ccccc1-c1c2ccc(=[NH+]c3ccc(S(=O)(=O)O)cc3)cc-2oc2cc(Nc3ccc(S(=O)(=O)O)cc3)ccc12. The summed E-state index contributed by atoms with van der Waals surface area (Å²) in [6, 6.07) is 28.3. The third-order valence-electron chi connectivity index (χ3n) is 7.03. The first-order chi connectivity index (χ1) is 21.4. The maximum atomic E-state index is 12.2. The van der Waals surface area contributed by atoms with E-state index in [1.165, 1.54) is 54.6 Å². The molecule has 0 aromatic heterocycles. The molecule has 0 spiro atoms. The summed E-state index contributed by atoms with van der Waals surface area (Å²) in [5.74, 6) is -0.669. The molecule has 0 bridgehead atoms. The molecule has 1 heterocycles. The highest BCUT2D eigenvalue weighted by Crippen LogP contribution is 2.42. The van der Waals surface area contributed by atoms with Crippen LogP contribution in [0.5, 0.6) is 0 Å². The number of anilines is 2. The summed E-state index contributed by atoms with van der Waals surface area (Å²) in [5.41, 5.74) is 3.98. The zero-order chi connectivity index (χ0) is 31.9. The average molecular weight is 644 g/mol. The van der Waals surface area contributed by atoms with Gasteiger partial charge in [0.15, 0.2) is 0 Å². The summed E-state index contributed by atoms with van der Waals surface area (Å²) in [4.78, 5) is 14.9. The Hall–Kier alpha value is -5.34. The Morgan fingerprint density at radius 1 is 0.689 bits per heavy atom. The van der Waals surface area contributed by atoms with Gasteiger partial charge in [0.2, 0.25) is 11.0 Å². The molecule has 4 aromatic carbocycles. The fourth-order valence-electron chi connectivity index (χ4n) is 4.98. The molecule has 0 saturated heterocycles. The van der Waals surface area contributed by atoms with E-state index in [1.54, 1.807) is 54.6 Å². The van der Waals surface area contributed by atoms with Gasteiger partial charge in [-0.25, -0.2) is 9.79 Å². The summed E-state index contributed by atoms with van der Waals surface area (Å²) in [6.45, 7) is 0. The standard InChI is InChI=1S/C32H22N2O9S2/c35-32(36)26-4-2-1-3-25(26)31-27-15-9-21(33-19-5-11-23(12-6-19)44(37,38)39)17-29(27)43-30-18-22(10-16-28(30)31)34-20-7-13-24(14-8-20)45(40,41)42/h1-18,33H,(H,35,36)(H,37,38,39)(H,40,41,42)/p+1. The van der Waals surface area contributed by atoms with Crippen molar-refractivity contribution < 1.29 is 45.3 Å². The van der Waals surface area contributed by atoms with Gasteiger partial charge in [0, 0.05) is 52.2 Å². The Kier molecular flexibility index (Phi) is 7.46. The molecule has 0 fully saturated rings. The highest BCUT2D eigenvalue weighted by atomic mass is 32.2. The highest BCUT2D eigenvalue weighted by Gasteiger charge is 2.22. The molecule has 0 amide bonds. The van der Waals surface area contributed by atoms with E-state index in [2.05, 4.69) is 10.3 Å². The van der Waals surface area contributed by atoms with Crippen LogP contribution >= 0.6 is 0 Å². The number of nitrogens with one attached hydrogen (secondary N) is 2. The Morgan fingerprint density at radius 3 is 1.96 bits per heavy atom. The number of benzene rings is 5. The van der Waals surface area contributed by atoms with Gasteiger partial charge in [-0.2, -0.15) is 16.8 Å². The zero-order valence-corrected chi connectivity index (χ0v) is 24.6. The van der Waals surface area contributed by atoms with Crippen molar-refractivity contribution >= 4 is 54.2 Å².